The maximum atomic E-state index is 13.2. The second-order valence-electron chi connectivity index (χ2n) is 14.0. The van der Waals surface area contributed by atoms with E-state index in [0.29, 0.717) is 37.8 Å². The molecule has 1 fully saturated rings. The van der Waals surface area contributed by atoms with Crippen LogP contribution in [0.25, 0.3) is 0 Å². The van der Waals surface area contributed by atoms with Crippen LogP contribution >= 0.6 is 0 Å². The van der Waals surface area contributed by atoms with Gasteiger partial charge >= 0.3 is 5.97 Å². The second-order valence-corrected chi connectivity index (χ2v) is 14.0. The summed E-state index contributed by atoms with van der Waals surface area (Å²) in [4.78, 5) is 75.0. The predicted molar refractivity (Wildman–Crippen MR) is 185 cm³/mol. The highest BCUT2D eigenvalue weighted by Crippen LogP contribution is 2.27. The summed E-state index contributed by atoms with van der Waals surface area (Å²) in [6, 6.07) is 3.49. The van der Waals surface area contributed by atoms with Crippen molar-refractivity contribution < 1.29 is 53.9 Å². The first-order chi connectivity index (χ1) is 24.0. The number of carbonyl (C=O) groups is 6. The van der Waals surface area contributed by atoms with Gasteiger partial charge in [0, 0.05) is 30.8 Å². The van der Waals surface area contributed by atoms with Crippen molar-refractivity contribution in [2.75, 3.05) is 11.9 Å². The Morgan fingerprint density at radius 2 is 1.51 bits per heavy atom. The van der Waals surface area contributed by atoms with Gasteiger partial charge in [-0.2, -0.15) is 0 Å². The Kier molecular flexibility index (Phi) is 15.3. The zero-order valence-electron chi connectivity index (χ0n) is 29.8. The summed E-state index contributed by atoms with van der Waals surface area (Å²) >= 11 is 0. The third-order valence-corrected chi connectivity index (χ3v) is 8.96. The SMILES string of the molecule is CC(C)Cc1ccc(NC(=O)[C@H](C)NC(=O)[C@@H](NC(=O)CCCCCN2C(=O)C=CC2=O)C(C)C)cc1CC[C@@H]1O[C@H](C(=O)O)[C@@H](O)[C@H](O)[C@H]1O. The normalized spacial score (nSPS) is 23.0. The summed E-state index contributed by atoms with van der Waals surface area (Å²) < 4.78 is 5.44. The number of rotatable bonds is 18. The Bertz CT molecular complexity index is 1440. The van der Waals surface area contributed by atoms with Crippen LogP contribution in [0.2, 0.25) is 0 Å². The van der Waals surface area contributed by atoms with Crippen molar-refractivity contribution in [1.29, 1.82) is 0 Å². The van der Waals surface area contributed by atoms with Crippen LogP contribution in [-0.4, -0.2) is 110 Å². The number of carbonyl (C=O) groups excluding carboxylic acids is 5. The molecule has 15 heteroatoms. The summed E-state index contributed by atoms with van der Waals surface area (Å²) in [7, 11) is 0. The van der Waals surface area contributed by atoms with Gasteiger partial charge in [-0.1, -0.05) is 40.2 Å². The predicted octanol–water partition coefficient (Wildman–Crippen LogP) is 0.822. The Labute approximate surface area is 297 Å². The summed E-state index contributed by atoms with van der Waals surface area (Å²) in [5.74, 6) is -3.49. The molecule has 3 rings (SSSR count). The number of ether oxygens (including phenoxy) is 1. The van der Waals surface area contributed by atoms with E-state index < -0.39 is 60.4 Å². The second kappa shape index (κ2) is 18.9. The van der Waals surface area contributed by atoms with E-state index in [1.165, 1.54) is 19.1 Å². The zero-order chi connectivity index (χ0) is 38.0. The third-order valence-electron chi connectivity index (χ3n) is 8.96. The number of aliphatic hydroxyl groups excluding tert-OH is 3. The maximum absolute atomic E-state index is 13.2. The van der Waals surface area contributed by atoms with Crippen LogP contribution in [0.4, 0.5) is 5.69 Å². The van der Waals surface area contributed by atoms with Crippen LogP contribution in [0.5, 0.6) is 0 Å². The lowest BCUT2D eigenvalue weighted by Gasteiger charge is -2.39. The highest BCUT2D eigenvalue weighted by atomic mass is 16.6. The molecule has 7 atom stereocenters. The molecule has 7 N–H and O–H groups in total. The van der Waals surface area contributed by atoms with E-state index in [9.17, 15) is 49.2 Å². The van der Waals surface area contributed by atoms with E-state index in [1.54, 1.807) is 26.0 Å². The molecular weight excluding hydrogens is 664 g/mol. The smallest absolute Gasteiger partial charge is 0.335 e. The number of aliphatic hydroxyl groups is 3. The Balaban J connectivity index is 1.55. The fourth-order valence-corrected chi connectivity index (χ4v) is 6.05. The lowest BCUT2D eigenvalue weighted by molar-refractivity contribution is -0.228. The van der Waals surface area contributed by atoms with Gasteiger partial charge in [-0.05, 0) is 74.1 Å². The molecular formula is C36H52N4O11. The van der Waals surface area contributed by atoms with Gasteiger partial charge in [-0.15, -0.1) is 0 Å². The van der Waals surface area contributed by atoms with Crippen LogP contribution in [-0.2, 0) is 46.3 Å². The van der Waals surface area contributed by atoms with Gasteiger partial charge in [0.15, 0.2) is 6.10 Å². The first-order valence-corrected chi connectivity index (χ1v) is 17.5. The quantitative estimate of drug-likeness (QED) is 0.0831. The molecule has 0 unspecified atom stereocenters. The number of unbranched alkanes of at least 4 members (excludes halogenated alkanes) is 2. The van der Waals surface area contributed by atoms with Gasteiger partial charge in [0.1, 0.15) is 30.4 Å². The molecule has 282 valence electrons. The standard InChI is InChI=1S/C36H52N4O11/c1-19(2)17-22-10-12-24(18-23(22)11-13-25-30(44)31(45)32(46)33(51-25)36(49)50)38-34(47)21(5)37-35(48)29(20(3)4)39-26(41)9-7-6-8-16-40-27(42)14-15-28(40)43/h10,12,14-15,18-21,25,29-33,44-46H,6-9,11,13,16-17H2,1-5H3,(H,37,48)(H,38,47)(H,39,41)(H,49,50)/t21-,25-,29-,30-,31+,32-,33-/m0/s1. The van der Waals surface area contributed by atoms with Gasteiger partial charge in [-0.3, -0.25) is 28.9 Å². The Morgan fingerprint density at radius 1 is 0.843 bits per heavy atom. The van der Waals surface area contributed by atoms with Crippen molar-refractivity contribution in [3.63, 3.8) is 0 Å². The fraction of sp³-hybridized carbons (Fsp3) is 0.611. The van der Waals surface area contributed by atoms with E-state index in [-0.39, 0.29) is 48.9 Å². The lowest BCUT2D eigenvalue weighted by Crippen LogP contribution is -2.59. The van der Waals surface area contributed by atoms with Gasteiger partial charge in [0.05, 0.1) is 6.10 Å². The van der Waals surface area contributed by atoms with Crippen LogP contribution < -0.4 is 16.0 Å². The van der Waals surface area contributed by atoms with E-state index in [2.05, 4.69) is 16.0 Å². The number of imide groups is 1. The number of hydrogen-bond acceptors (Lipinski definition) is 10. The van der Waals surface area contributed by atoms with Crippen LogP contribution in [0.15, 0.2) is 30.4 Å². The van der Waals surface area contributed by atoms with Crippen LogP contribution in [0, 0.1) is 11.8 Å². The summed E-state index contributed by atoms with van der Waals surface area (Å²) in [6.45, 7) is 9.43. The van der Waals surface area contributed by atoms with Crippen molar-refractivity contribution in [2.24, 2.45) is 11.8 Å². The number of anilines is 1. The minimum Gasteiger partial charge on any atom is -0.479 e. The van der Waals surface area contributed by atoms with Crippen molar-refractivity contribution >= 4 is 41.2 Å². The van der Waals surface area contributed by atoms with E-state index in [4.69, 9.17) is 4.74 Å². The van der Waals surface area contributed by atoms with Gasteiger partial charge in [-0.25, -0.2) is 4.79 Å². The van der Waals surface area contributed by atoms with Gasteiger partial charge in [0.25, 0.3) is 11.8 Å². The Morgan fingerprint density at radius 3 is 2.12 bits per heavy atom. The number of carboxylic acids is 1. The number of hydrogen-bond donors (Lipinski definition) is 7. The minimum atomic E-state index is -1.78. The summed E-state index contributed by atoms with van der Waals surface area (Å²) in [5.41, 5.74) is 2.21. The topological polar surface area (TPSA) is 232 Å². The molecule has 0 radical (unpaired) electrons. The molecule has 0 saturated carbocycles. The van der Waals surface area contributed by atoms with Crippen molar-refractivity contribution in [1.82, 2.24) is 15.5 Å². The molecule has 0 aliphatic carbocycles. The average molecular weight is 717 g/mol. The molecule has 15 nitrogen and oxygen atoms in total. The molecule has 51 heavy (non-hydrogen) atoms. The number of nitrogens with one attached hydrogen (secondary N) is 3. The largest absolute Gasteiger partial charge is 0.479 e. The van der Waals surface area contributed by atoms with Crippen LogP contribution in [0.3, 0.4) is 0 Å². The number of carboxylic acid groups (broad SMARTS) is 1. The maximum Gasteiger partial charge on any atom is 0.335 e. The number of aryl methyl sites for hydroxylation is 1. The van der Waals surface area contributed by atoms with Gasteiger partial charge < -0.3 is 41.1 Å². The highest BCUT2D eigenvalue weighted by Gasteiger charge is 2.46. The number of amides is 5. The molecule has 1 aromatic carbocycles. The first kappa shape index (κ1) is 41.2. The molecule has 1 saturated heterocycles. The number of nitrogens with zero attached hydrogens (tertiary/aromatic N) is 1. The lowest BCUT2D eigenvalue weighted by atomic mass is 9.89. The Hall–Kier alpha value is -4.18. The van der Waals surface area contributed by atoms with Gasteiger partial charge in [0.2, 0.25) is 17.7 Å². The van der Waals surface area contributed by atoms with Crippen LogP contribution in [0.1, 0.15) is 77.8 Å². The zero-order valence-corrected chi connectivity index (χ0v) is 29.8. The van der Waals surface area contributed by atoms with E-state index in [0.717, 1.165) is 16.0 Å². The molecule has 0 bridgehead atoms. The summed E-state index contributed by atoms with van der Waals surface area (Å²) in [6.07, 6.45) is -2.33. The minimum absolute atomic E-state index is 0.129. The summed E-state index contributed by atoms with van der Waals surface area (Å²) in [5, 5.41) is 48.3. The highest BCUT2D eigenvalue weighted by molar-refractivity contribution is 6.12. The third kappa shape index (κ3) is 11.7. The molecule has 0 aromatic heterocycles. The molecule has 2 aliphatic heterocycles. The van der Waals surface area contributed by atoms with E-state index >= 15 is 0 Å². The first-order valence-electron chi connectivity index (χ1n) is 17.5. The van der Waals surface area contributed by atoms with Crippen molar-refractivity contribution in [3.05, 3.63) is 41.5 Å². The molecule has 1 aromatic rings. The number of aliphatic carboxylic acids is 1. The van der Waals surface area contributed by atoms with E-state index in [1.807, 2.05) is 19.9 Å². The monoisotopic (exact) mass is 716 g/mol. The molecule has 5 amide bonds. The fourth-order valence-electron chi connectivity index (χ4n) is 6.05. The molecule has 0 spiro atoms. The average Bonchev–Trinajstić information content (AvgIpc) is 3.38. The molecule has 2 aliphatic rings. The molecule has 2 heterocycles. The van der Waals surface area contributed by atoms with Crippen molar-refractivity contribution in [2.45, 2.75) is 122 Å². The number of benzene rings is 1. The van der Waals surface area contributed by atoms with Crippen molar-refractivity contribution in [3.8, 4) is 0 Å².